The van der Waals surface area contributed by atoms with Gasteiger partial charge in [-0.1, -0.05) is 6.07 Å². The highest BCUT2D eigenvalue weighted by molar-refractivity contribution is 7.10. The average molecular weight is 415 g/mol. The number of nitrogens with zero attached hydrogens (tertiary/aromatic N) is 1. The summed E-state index contributed by atoms with van der Waals surface area (Å²) in [5.74, 6) is -0.973. The van der Waals surface area contributed by atoms with Gasteiger partial charge in [-0.2, -0.15) is 0 Å². The van der Waals surface area contributed by atoms with Crippen LogP contribution in [0.25, 0.3) is 0 Å². The number of thiophene rings is 1. The fourth-order valence-corrected chi connectivity index (χ4v) is 4.61. The Kier molecular flexibility index (Phi) is 7.04. The van der Waals surface area contributed by atoms with Crippen LogP contribution < -0.4 is 5.32 Å². The van der Waals surface area contributed by atoms with Gasteiger partial charge in [0.15, 0.2) is 6.61 Å². The minimum atomic E-state index is -0.454. The molecule has 1 aliphatic carbocycles. The maximum atomic E-state index is 12.5. The molecule has 0 fully saturated rings. The third-order valence-corrected chi connectivity index (χ3v) is 6.15. The summed E-state index contributed by atoms with van der Waals surface area (Å²) in [7, 11) is 0. The molecule has 0 atom stereocenters. The van der Waals surface area contributed by atoms with Crippen LogP contribution in [0, 0.1) is 0 Å². The van der Waals surface area contributed by atoms with Crippen molar-refractivity contribution in [3.63, 3.8) is 0 Å². The zero-order chi connectivity index (χ0) is 20.8. The standard InChI is InChI=1S/C22H26N2O4S/c1-3-24(4-2)21(26)15-8-7-9-16(12-15)23-20(25)13-28-22(27)18-14-29-19-11-6-5-10-17(18)19/h7-9,12,14H,3-6,10-11,13H2,1-2H3,(H,23,25). The molecule has 1 aromatic heterocycles. The van der Waals surface area contributed by atoms with Crippen molar-refractivity contribution < 1.29 is 19.1 Å². The van der Waals surface area contributed by atoms with Gasteiger partial charge in [-0.05, 0) is 63.3 Å². The van der Waals surface area contributed by atoms with Crippen molar-refractivity contribution in [2.75, 3.05) is 25.0 Å². The minimum Gasteiger partial charge on any atom is -0.452 e. The molecule has 154 valence electrons. The third-order valence-electron chi connectivity index (χ3n) is 5.06. The van der Waals surface area contributed by atoms with E-state index in [1.54, 1.807) is 40.5 Å². The van der Waals surface area contributed by atoms with Gasteiger partial charge in [0.05, 0.1) is 5.56 Å². The minimum absolute atomic E-state index is 0.0836. The van der Waals surface area contributed by atoms with Crippen molar-refractivity contribution in [3.05, 3.63) is 51.2 Å². The van der Waals surface area contributed by atoms with Gasteiger partial charge < -0.3 is 15.0 Å². The largest absolute Gasteiger partial charge is 0.452 e. The lowest BCUT2D eigenvalue weighted by molar-refractivity contribution is -0.119. The number of carbonyl (C=O) groups excluding carboxylic acids is 3. The second kappa shape index (κ2) is 9.69. The molecular weight excluding hydrogens is 388 g/mol. The lowest BCUT2D eigenvalue weighted by atomic mass is 9.96. The molecule has 0 saturated heterocycles. The number of rotatable bonds is 7. The first kappa shape index (κ1) is 21.0. The van der Waals surface area contributed by atoms with Crippen LogP contribution >= 0.6 is 11.3 Å². The van der Waals surface area contributed by atoms with Crippen molar-refractivity contribution in [1.29, 1.82) is 0 Å². The highest BCUT2D eigenvalue weighted by atomic mass is 32.1. The van der Waals surface area contributed by atoms with Crippen LogP contribution in [-0.2, 0) is 22.4 Å². The number of fused-ring (bicyclic) bond motifs is 1. The number of hydrogen-bond donors (Lipinski definition) is 1. The van der Waals surface area contributed by atoms with Gasteiger partial charge in [0.2, 0.25) is 0 Å². The predicted molar refractivity (Wildman–Crippen MR) is 114 cm³/mol. The molecular formula is C22H26N2O4S. The van der Waals surface area contributed by atoms with Crippen molar-refractivity contribution in [3.8, 4) is 0 Å². The first-order valence-electron chi connectivity index (χ1n) is 9.99. The molecule has 3 rings (SSSR count). The lowest BCUT2D eigenvalue weighted by Gasteiger charge is -2.19. The molecule has 1 aromatic carbocycles. The van der Waals surface area contributed by atoms with E-state index in [0.29, 0.717) is 29.9 Å². The van der Waals surface area contributed by atoms with Crippen molar-refractivity contribution in [1.82, 2.24) is 4.90 Å². The number of carbonyl (C=O) groups is 3. The molecule has 0 aliphatic heterocycles. The Morgan fingerprint density at radius 3 is 2.66 bits per heavy atom. The van der Waals surface area contributed by atoms with E-state index >= 15 is 0 Å². The first-order valence-corrected chi connectivity index (χ1v) is 10.9. The fourth-order valence-electron chi connectivity index (χ4n) is 3.49. The van der Waals surface area contributed by atoms with Crippen LogP contribution in [0.15, 0.2) is 29.6 Å². The first-order chi connectivity index (χ1) is 14.0. The number of anilines is 1. The number of amides is 2. The molecule has 2 aromatic rings. The van der Waals surface area contributed by atoms with Gasteiger partial charge in [0, 0.05) is 34.6 Å². The summed E-state index contributed by atoms with van der Waals surface area (Å²) in [5, 5.41) is 4.52. The van der Waals surface area contributed by atoms with Crippen molar-refractivity contribution in [2.24, 2.45) is 0 Å². The van der Waals surface area contributed by atoms with Crippen LogP contribution in [0.5, 0.6) is 0 Å². The highest BCUT2D eigenvalue weighted by Crippen LogP contribution is 2.30. The van der Waals surface area contributed by atoms with E-state index in [4.69, 9.17) is 4.74 Å². The third kappa shape index (κ3) is 5.03. The van der Waals surface area contributed by atoms with E-state index in [0.717, 1.165) is 31.2 Å². The van der Waals surface area contributed by atoms with Gasteiger partial charge in [0.25, 0.3) is 11.8 Å². The van der Waals surface area contributed by atoms with E-state index in [1.165, 1.54) is 4.88 Å². The Hall–Kier alpha value is -2.67. The van der Waals surface area contributed by atoms with Crippen LogP contribution in [-0.4, -0.2) is 42.4 Å². The molecule has 29 heavy (non-hydrogen) atoms. The molecule has 0 bridgehead atoms. The van der Waals surface area contributed by atoms with Crippen LogP contribution in [0.2, 0.25) is 0 Å². The van der Waals surface area contributed by atoms with E-state index in [-0.39, 0.29) is 12.5 Å². The molecule has 1 heterocycles. The van der Waals surface area contributed by atoms with E-state index in [1.807, 2.05) is 19.2 Å². The summed E-state index contributed by atoms with van der Waals surface area (Å²) < 4.78 is 5.22. The Morgan fingerprint density at radius 1 is 1.14 bits per heavy atom. The van der Waals surface area contributed by atoms with Gasteiger partial charge in [0.1, 0.15) is 0 Å². The summed E-state index contributed by atoms with van der Waals surface area (Å²) >= 11 is 1.59. The molecule has 1 N–H and O–H groups in total. The Morgan fingerprint density at radius 2 is 1.90 bits per heavy atom. The summed E-state index contributed by atoms with van der Waals surface area (Å²) in [6.07, 6.45) is 4.13. The van der Waals surface area contributed by atoms with Gasteiger partial charge in [-0.3, -0.25) is 9.59 Å². The van der Waals surface area contributed by atoms with Gasteiger partial charge in [-0.15, -0.1) is 11.3 Å². The highest BCUT2D eigenvalue weighted by Gasteiger charge is 2.21. The molecule has 2 amide bonds. The topological polar surface area (TPSA) is 75.7 Å². The summed E-state index contributed by atoms with van der Waals surface area (Å²) in [5.41, 5.74) is 2.67. The summed E-state index contributed by atoms with van der Waals surface area (Å²) in [6.45, 7) is 4.72. The van der Waals surface area contributed by atoms with Crippen LogP contribution in [0.3, 0.4) is 0 Å². The molecule has 6 nitrogen and oxygen atoms in total. The molecule has 1 aliphatic rings. The molecule has 0 saturated carbocycles. The average Bonchev–Trinajstić information content (AvgIpc) is 3.17. The van der Waals surface area contributed by atoms with E-state index < -0.39 is 11.9 Å². The Labute approximate surface area is 174 Å². The number of esters is 1. The number of nitrogens with one attached hydrogen (secondary N) is 1. The van der Waals surface area contributed by atoms with Crippen molar-refractivity contribution >= 4 is 34.8 Å². The normalized spacial score (nSPS) is 12.8. The van der Waals surface area contributed by atoms with Gasteiger partial charge >= 0.3 is 5.97 Å². The zero-order valence-electron chi connectivity index (χ0n) is 16.8. The lowest BCUT2D eigenvalue weighted by Crippen LogP contribution is -2.30. The fraction of sp³-hybridized carbons (Fsp3) is 0.409. The maximum Gasteiger partial charge on any atom is 0.339 e. The molecule has 0 radical (unpaired) electrons. The van der Waals surface area contributed by atoms with E-state index in [9.17, 15) is 14.4 Å². The van der Waals surface area contributed by atoms with Gasteiger partial charge in [-0.25, -0.2) is 4.79 Å². The van der Waals surface area contributed by atoms with E-state index in [2.05, 4.69) is 5.32 Å². The van der Waals surface area contributed by atoms with Crippen molar-refractivity contribution in [2.45, 2.75) is 39.5 Å². The Bertz CT molecular complexity index is 902. The maximum absolute atomic E-state index is 12.5. The second-order valence-electron chi connectivity index (χ2n) is 6.94. The number of ether oxygens (including phenoxy) is 1. The smallest absolute Gasteiger partial charge is 0.339 e. The number of benzene rings is 1. The number of aryl methyl sites for hydroxylation is 1. The summed E-state index contributed by atoms with van der Waals surface area (Å²) in [6, 6.07) is 6.77. The quantitative estimate of drug-likeness (QED) is 0.697. The van der Waals surface area contributed by atoms with Crippen LogP contribution in [0.1, 0.15) is 57.8 Å². The number of hydrogen-bond acceptors (Lipinski definition) is 5. The Balaban J connectivity index is 1.57. The van der Waals surface area contributed by atoms with Crippen LogP contribution in [0.4, 0.5) is 5.69 Å². The molecule has 7 heteroatoms. The summed E-state index contributed by atoms with van der Waals surface area (Å²) in [4.78, 5) is 40.0. The predicted octanol–water partition coefficient (Wildman–Crippen LogP) is 3.90. The second-order valence-corrected chi connectivity index (χ2v) is 7.90. The monoisotopic (exact) mass is 414 g/mol. The molecule has 0 unspecified atom stereocenters. The SMILES string of the molecule is CCN(CC)C(=O)c1cccc(NC(=O)COC(=O)c2csc3c2CCCC3)c1. The zero-order valence-corrected chi connectivity index (χ0v) is 17.6. The molecule has 0 spiro atoms.